The molecule has 2 aromatic carbocycles. The number of carbonyl (C=O) groups excluding carboxylic acids is 2. The summed E-state index contributed by atoms with van der Waals surface area (Å²) in [6, 6.07) is 10.7. The van der Waals surface area contributed by atoms with Crippen molar-refractivity contribution in [2.24, 2.45) is 10.2 Å². The van der Waals surface area contributed by atoms with E-state index in [4.69, 9.17) is 33.5 Å². The predicted molar refractivity (Wildman–Crippen MR) is 157 cm³/mol. The highest BCUT2D eigenvalue weighted by Crippen LogP contribution is 2.32. The summed E-state index contributed by atoms with van der Waals surface area (Å²) in [7, 11) is 0. The van der Waals surface area contributed by atoms with Gasteiger partial charge in [-0.25, -0.2) is 19.4 Å². The molecule has 2 aliphatic heterocycles. The Bertz CT molecular complexity index is 1240. The van der Waals surface area contributed by atoms with E-state index in [-0.39, 0.29) is 24.8 Å². The third kappa shape index (κ3) is 9.17. The van der Waals surface area contributed by atoms with Gasteiger partial charge in [0.05, 0.1) is 50.0 Å². The molecular weight excluding hydrogens is 556 g/mol. The van der Waals surface area contributed by atoms with Gasteiger partial charge in [0.25, 0.3) is 0 Å². The summed E-state index contributed by atoms with van der Waals surface area (Å²) in [6.45, 7) is 11.1. The van der Waals surface area contributed by atoms with Crippen LogP contribution >= 0.6 is 0 Å². The third-order valence-electron chi connectivity index (χ3n) is 7.08. The number of benzene rings is 2. The van der Waals surface area contributed by atoms with Crippen molar-refractivity contribution in [3.8, 4) is 5.75 Å². The van der Waals surface area contributed by atoms with Gasteiger partial charge in [-0.2, -0.15) is 10.2 Å². The average molecular weight is 597 g/mol. The van der Waals surface area contributed by atoms with Crippen LogP contribution in [0.2, 0.25) is 0 Å². The Morgan fingerprint density at radius 2 is 1.58 bits per heavy atom. The van der Waals surface area contributed by atoms with Gasteiger partial charge >= 0.3 is 11.9 Å². The second kappa shape index (κ2) is 16.3. The molecule has 43 heavy (non-hydrogen) atoms. The van der Waals surface area contributed by atoms with Crippen LogP contribution in [0.1, 0.15) is 54.1 Å². The lowest BCUT2D eigenvalue weighted by molar-refractivity contribution is -0.330. The minimum atomic E-state index is -0.523. The lowest BCUT2D eigenvalue weighted by Gasteiger charge is -2.16. The molecule has 4 atom stereocenters. The molecule has 0 amide bonds. The van der Waals surface area contributed by atoms with Gasteiger partial charge in [0.2, 0.25) is 0 Å². The minimum Gasteiger partial charge on any atom is -0.494 e. The van der Waals surface area contributed by atoms with Gasteiger partial charge in [0, 0.05) is 6.08 Å². The molecule has 4 rings (SSSR count). The number of azo groups is 1. The highest BCUT2D eigenvalue weighted by molar-refractivity contribution is 5.89. The van der Waals surface area contributed by atoms with Gasteiger partial charge in [0.15, 0.2) is 6.10 Å². The maximum absolute atomic E-state index is 12.8. The van der Waals surface area contributed by atoms with Crippen molar-refractivity contribution in [3.63, 3.8) is 0 Å². The Morgan fingerprint density at radius 1 is 0.930 bits per heavy atom. The number of ether oxygens (including phenoxy) is 5. The van der Waals surface area contributed by atoms with Crippen LogP contribution in [0.5, 0.6) is 5.75 Å². The summed E-state index contributed by atoms with van der Waals surface area (Å²) in [4.78, 5) is 34.1. The molecule has 0 N–H and O–H groups in total. The van der Waals surface area contributed by atoms with Crippen LogP contribution in [0, 0.1) is 13.8 Å². The van der Waals surface area contributed by atoms with Gasteiger partial charge in [-0.1, -0.05) is 6.58 Å². The van der Waals surface area contributed by atoms with Crippen LogP contribution in [0.3, 0.4) is 0 Å². The van der Waals surface area contributed by atoms with Crippen molar-refractivity contribution < 1.29 is 43.0 Å². The number of hydrogen-bond acceptors (Lipinski definition) is 11. The van der Waals surface area contributed by atoms with E-state index >= 15 is 0 Å². The maximum Gasteiger partial charge on any atom is 0.338 e. The fourth-order valence-electron chi connectivity index (χ4n) is 4.88. The number of carbonyl (C=O) groups is 2. The van der Waals surface area contributed by atoms with Crippen molar-refractivity contribution in [2.75, 3.05) is 33.0 Å². The van der Waals surface area contributed by atoms with Gasteiger partial charge in [-0.15, -0.1) is 0 Å². The van der Waals surface area contributed by atoms with Crippen molar-refractivity contribution in [3.05, 3.63) is 65.7 Å². The predicted octanol–water partition coefficient (Wildman–Crippen LogP) is 6.05. The highest BCUT2D eigenvalue weighted by atomic mass is 17.2. The zero-order chi connectivity index (χ0) is 30.6. The smallest absolute Gasteiger partial charge is 0.338 e. The molecule has 2 fully saturated rings. The normalized spacial score (nSPS) is 21.1. The number of rotatable bonds is 16. The Morgan fingerprint density at radius 3 is 2.26 bits per heavy atom. The van der Waals surface area contributed by atoms with Crippen molar-refractivity contribution in [1.29, 1.82) is 0 Å². The minimum absolute atomic E-state index is 0.235. The Balaban J connectivity index is 1.22. The van der Waals surface area contributed by atoms with Crippen molar-refractivity contribution in [1.82, 2.24) is 0 Å². The highest BCUT2D eigenvalue weighted by Gasteiger charge is 2.50. The summed E-state index contributed by atoms with van der Waals surface area (Å²) in [6.07, 6.45) is 3.26. The van der Waals surface area contributed by atoms with Gasteiger partial charge in [-0.05, 0) is 94.0 Å². The Hall–Kier alpha value is -3.64. The quantitative estimate of drug-likeness (QED) is 0.0569. The summed E-state index contributed by atoms with van der Waals surface area (Å²) < 4.78 is 28.1. The maximum atomic E-state index is 12.8. The molecule has 0 spiro atoms. The molecule has 1 unspecified atom stereocenters. The molecule has 2 saturated heterocycles. The molecule has 0 aromatic heterocycles. The summed E-state index contributed by atoms with van der Waals surface area (Å²) in [5.41, 5.74) is 3.66. The third-order valence-corrected chi connectivity index (χ3v) is 7.08. The largest absolute Gasteiger partial charge is 0.494 e. The van der Waals surface area contributed by atoms with E-state index in [1.165, 1.54) is 6.08 Å². The number of hydrogen-bond donors (Lipinski definition) is 0. The second-order valence-corrected chi connectivity index (χ2v) is 10.4. The Labute approximate surface area is 252 Å². The average Bonchev–Trinajstić information content (AvgIpc) is 3.59. The molecule has 232 valence electrons. The number of unbranched alkanes of at least 4 members (excludes halogenated alkanes) is 3. The number of esters is 2. The SMILES string of the molecule is C=CC(=O)OCCCCCCOc1cc(C)c(N=Nc2ccc(C(=O)OC3CO[C@@H]4[C@@H](OOCC)CO[C@H]34)cc2)c(C)c1. The lowest BCUT2D eigenvalue weighted by atomic mass is 10.1. The van der Waals surface area contributed by atoms with E-state index in [1.54, 1.807) is 24.3 Å². The van der Waals surface area contributed by atoms with Crippen molar-refractivity contribution in [2.45, 2.75) is 70.9 Å². The zero-order valence-corrected chi connectivity index (χ0v) is 25.0. The standard InChI is InChI=1S/C32H40N2O9/c1-5-28(35)38-16-10-8-7-9-15-37-25-17-21(3)29(22(4)18-25)34-33-24-13-11-23(12-14-24)32(36)42-26-19-39-31-27(43-41-6-2)20-40-30(26)31/h5,11-14,17-18,26-27,30-31H,1,6-10,15-16,19-20H2,2-4H3/t26?,27-,30+,31+/m0/s1. The summed E-state index contributed by atoms with van der Waals surface area (Å²) >= 11 is 0. The molecule has 11 nitrogen and oxygen atoms in total. The lowest BCUT2D eigenvalue weighted by Crippen LogP contribution is -2.35. The van der Waals surface area contributed by atoms with E-state index in [0.29, 0.717) is 37.7 Å². The van der Waals surface area contributed by atoms with E-state index < -0.39 is 18.2 Å². The summed E-state index contributed by atoms with van der Waals surface area (Å²) in [5.74, 6) is -0.0623. The number of fused-ring (bicyclic) bond motifs is 1. The van der Waals surface area contributed by atoms with Crippen LogP contribution in [0.25, 0.3) is 0 Å². The molecule has 2 aliphatic rings. The molecule has 0 saturated carbocycles. The molecule has 0 radical (unpaired) electrons. The van der Waals surface area contributed by atoms with Crippen LogP contribution < -0.4 is 4.74 Å². The van der Waals surface area contributed by atoms with Crippen LogP contribution in [-0.2, 0) is 33.5 Å². The Kier molecular flexibility index (Phi) is 12.2. The fourth-order valence-corrected chi connectivity index (χ4v) is 4.88. The van der Waals surface area contributed by atoms with Gasteiger partial charge in [-0.3, -0.25) is 0 Å². The van der Waals surface area contributed by atoms with Crippen LogP contribution in [0.15, 0.2) is 59.3 Å². The van der Waals surface area contributed by atoms with E-state index in [9.17, 15) is 9.59 Å². The molecule has 0 bridgehead atoms. The molecule has 2 heterocycles. The van der Waals surface area contributed by atoms with Gasteiger partial charge < -0.3 is 23.7 Å². The first kappa shape index (κ1) is 32.3. The van der Waals surface area contributed by atoms with Crippen LogP contribution in [-0.4, -0.2) is 69.4 Å². The van der Waals surface area contributed by atoms with Crippen LogP contribution in [0.4, 0.5) is 11.4 Å². The topological polar surface area (TPSA) is 123 Å². The van der Waals surface area contributed by atoms with Gasteiger partial charge in [0.1, 0.15) is 24.1 Å². The van der Waals surface area contributed by atoms with E-state index in [2.05, 4.69) is 16.8 Å². The van der Waals surface area contributed by atoms with E-state index in [0.717, 1.165) is 48.2 Å². The molecule has 11 heteroatoms. The number of nitrogens with zero attached hydrogens (tertiary/aromatic N) is 2. The zero-order valence-electron chi connectivity index (χ0n) is 25.0. The first-order chi connectivity index (χ1) is 20.9. The second-order valence-electron chi connectivity index (χ2n) is 10.4. The monoisotopic (exact) mass is 596 g/mol. The van der Waals surface area contributed by atoms with Crippen molar-refractivity contribution >= 4 is 23.3 Å². The molecule has 0 aliphatic carbocycles. The fraction of sp³-hybridized carbons (Fsp3) is 0.500. The first-order valence-electron chi connectivity index (χ1n) is 14.7. The summed E-state index contributed by atoms with van der Waals surface area (Å²) in [5, 5.41) is 8.82. The van der Waals surface area contributed by atoms with E-state index in [1.807, 2.05) is 32.9 Å². The molecular formula is C32H40N2O9. The molecule has 2 aromatic rings. The number of aryl methyl sites for hydroxylation is 2. The first-order valence-corrected chi connectivity index (χ1v) is 14.7.